The molecule has 3 fully saturated rings. The molecule has 4 aliphatic rings. The van der Waals surface area contributed by atoms with Gasteiger partial charge in [-0.15, -0.1) is 0 Å². The quantitative estimate of drug-likeness (QED) is 0.219. The highest BCUT2D eigenvalue weighted by Crippen LogP contribution is 2.67. The van der Waals surface area contributed by atoms with Gasteiger partial charge >= 0.3 is 11.9 Å². The number of hydrogen-bond acceptors (Lipinski definition) is 10. The van der Waals surface area contributed by atoms with Crippen LogP contribution in [0.3, 0.4) is 0 Å². The van der Waals surface area contributed by atoms with E-state index in [9.17, 15) is 24.6 Å². The van der Waals surface area contributed by atoms with Gasteiger partial charge in [-0.2, -0.15) is 0 Å². The number of carbonyl (C=O) groups is 4. The lowest BCUT2D eigenvalue weighted by Crippen LogP contribution is -2.74. The number of rotatable bonds is 8. The number of fused-ring (bicyclic) bond motifs is 5. The summed E-state index contributed by atoms with van der Waals surface area (Å²) in [6.45, 7) is 17.7. The van der Waals surface area contributed by atoms with Crippen molar-refractivity contribution in [3.8, 4) is 0 Å². The van der Waals surface area contributed by atoms with E-state index in [1.165, 1.54) is 0 Å². The monoisotopic (exact) mass is 717 g/mol. The van der Waals surface area contributed by atoms with Crippen molar-refractivity contribution in [2.75, 3.05) is 11.9 Å². The standard InChI is InChI=1S/C41H53NO8.CH2O/c1-9-31(44)50-34(33(26-16-12-10-13-17-26)42-27-18-14-11-15-19-27)37(46)49-28-21-41(47)25(4)35-39(7)22-48-30(39)20-29(43)40(35,8)36(45)24(3)32(23(28)2)38(41,5)6;1-2/h10-19,24-25,28-30,33-35,42-43,47H,9,20-22H2,1-8H3;1H2/t24-,25+,28+,29+,30-,33+,34-,35-,39-,40-,41-;/m1./s1. The first kappa shape index (κ1) is 39.3. The van der Waals surface area contributed by atoms with Crippen LogP contribution < -0.4 is 5.32 Å². The van der Waals surface area contributed by atoms with Crippen molar-refractivity contribution < 1.29 is 43.6 Å². The minimum absolute atomic E-state index is 0.0592. The summed E-state index contributed by atoms with van der Waals surface area (Å²) in [6, 6.07) is 17.9. The summed E-state index contributed by atoms with van der Waals surface area (Å²) in [4.78, 5) is 50.2. The Labute approximate surface area is 307 Å². The molecule has 2 aromatic rings. The molecule has 3 N–H and O–H groups in total. The molecule has 1 heterocycles. The summed E-state index contributed by atoms with van der Waals surface area (Å²) in [5, 5.41) is 28.2. The van der Waals surface area contributed by atoms with Crippen molar-refractivity contribution >= 4 is 30.2 Å². The van der Waals surface area contributed by atoms with E-state index in [2.05, 4.69) is 12.2 Å². The van der Waals surface area contributed by atoms with Gasteiger partial charge in [0.05, 0.1) is 35.9 Å². The molecule has 2 bridgehead atoms. The smallest absolute Gasteiger partial charge is 0.350 e. The lowest BCUT2D eigenvalue weighted by atomic mass is 9.40. The van der Waals surface area contributed by atoms with Crippen LogP contribution in [-0.2, 0) is 33.4 Å². The second-order valence-electron chi connectivity index (χ2n) is 16.1. The third-order valence-electron chi connectivity index (χ3n) is 13.2. The van der Waals surface area contributed by atoms with E-state index >= 15 is 0 Å². The van der Waals surface area contributed by atoms with Gasteiger partial charge in [-0.1, -0.05) is 90.1 Å². The maximum Gasteiger partial charge on any atom is 0.350 e. The number of ketones is 1. The topological polar surface area (TPSA) is 148 Å². The Hall–Kier alpha value is -3.86. The number of para-hydroxylation sites is 1. The number of anilines is 1. The molecule has 0 unspecified atom stereocenters. The molecule has 2 saturated carbocycles. The number of benzene rings is 2. The number of hydrogen-bond donors (Lipinski definition) is 3. The molecule has 1 aliphatic heterocycles. The third kappa shape index (κ3) is 6.10. The van der Waals surface area contributed by atoms with Gasteiger partial charge in [0.2, 0.25) is 6.10 Å². The van der Waals surface area contributed by atoms with Gasteiger partial charge in [0.15, 0.2) is 0 Å². The van der Waals surface area contributed by atoms with Gasteiger partial charge in [0.1, 0.15) is 18.7 Å². The molecule has 11 atom stereocenters. The number of ether oxygens (including phenoxy) is 3. The van der Waals surface area contributed by atoms with Gasteiger partial charge in [-0.3, -0.25) is 9.59 Å². The first-order valence-corrected chi connectivity index (χ1v) is 18.3. The maximum atomic E-state index is 14.8. The van der Waals surface area contributed by atoms with Gasteiger partial charge in [-0.05, 0) is 54.5 Å². The zero-order valence-electron chi connectivity index (χ0n) is 31.7. The van der Waals surface area contributed by atoms with Crippen LogP contribution in [0.4, 0.5) is 5.69 Å². The average molecular weight is 718 g/mol. The molecule has 0 amide bonds. The minimum atomic E-state index is -1.44. The number of aliphatic hydroxyl groups excluding tert-OH is 1. The summed E-state index contributed by atoms with van der Waals surface area (Å²) in [7, 11) is 0. The highest BCUT2D eigenvalue weighted by Gasteiger charge is 2.72. The Balaban J connectivity index is 0.00000257. The molecular formula is C42H55NO9. The van der Waals surface area contributed by atoms with Crippen molar-refractivity contribution in [2.24, 2.45) is 34.0 Å². The molecule has 0 radical (unpaired) electrons. The second-order valence-corrected chi connectivity index (χ2v) is 16.1. The number of carbonyl (C=O) groups excluding carboxylic acids is 4. The van der Waals surface area contributed by atoms with E-state index in [1.54, 1.807) is 6.92 Å². The van der Waals surface area contributed by atoms with E-state index in [0.717, 1.165) is 11.3 Å². The van der Waals surface area contributed by atoms with Gasteiger partial charge in [-0.25, -0.2) is 4.79 Å². The molecule has 3 aliphatic carbocycles. The van der Waals surface area contributed by atoms with Crippen LogP contribution in [0.2, 0.25) is 0 Å². The SMILES string of the molecule is C=O.CCC(=O)O[C@@H](C(=O)O[C@H]1C[C@@]2(O)[C@@H](C)[C@@H]3[C@]4(C)CO[C@@H]4C[C@H](O)[C@@]3(C)C(=O)[C@H](C)C(=C1C)C2(C)C)[C@@H](Nc1ccccc1)c1ccccc1. The minimum Gasteiger partial charge on any atom is -0.455 e. The first-order chi connectivity index (χ1) is 24.5. The summed E-state index contributed by atoms with van der Waals surface area (Å²) >= 11 is 0. The molecule has 52 heavy (non-hydrogen) atoms. The highest BCUT2D eigenvalue weighted by molar-refractivity contribution is 5.91. The van der Waals surface area contributed by atoms with Gasteiger partial charge < -0.3 is 34.5 Å². The summed E-state index contributed by atoms with van der Waals surface area (Å²) in [5.41, 5.74) is -0.995. The van der Waals surface area contributed by atoms with Crippen molar-refractivity contribution in [2.45, 2.75) is 111 Å². The fourth-order valence-corrected chi connectivity index (χ4v) is 10.5. The number of esters is 2. The fraction of sp³-hybridized carbons (Fsp3) is 0.571. The largest absolute Gasteiger partial charge is 0.455 e. The van der Waals surface area contributed by atoms with Gasteiger partial charge in [0, 0.05) is 41.7 Å². The van der Waals surface area contributed by atoms with E-state index in [4.69, 9.17) is 19.0 Å². The Morgan fingerprint density at radius 2 is 1.62 bits per heavy atom. The normalized spacial score (nSPS) is 35.8. The van der Waals surface area contributed by atoms with Crippen LogP contribution in [0, 0.1) is 34.0 Å². The molecule has 10 nitrogen and oxygen atoms in total. The van der Waals surface area contributed by atoms with Crippen molar-refractivity contribution in [1.29, 1.82) is 0 Å². The zero-order chi connectivity index (χ0) is 38.4. The average Bonchev–Trinajstić information content (AvgIpc) is 3.13. The zero-order valence-corrected chi connectivity index (χ0v) is 31.7. The van der Waals surface area contributed by atoms with E-state index in [0.29, 0.717) is 24.2 Å². The van der Waals surface area contributed by atoms with Crippen LogP contribution in [0.15, 0.2) is 71.8 Å². The van der Waals surface area contributed by atoms with E-state index in [-0.39, 0.29) is 24.7 Å². The second kappa shape index (κ2) is 14.5. The number of Topliss-reactive ketones (excluding diaryl/α,β-unsaturated/α-hetero) is 1. The maximum absolute atomic E-state index is 14.8. The predicted molar refractivity (Wildman–Crippen MR) is 196 cm³/mol. The summed E-state index contributed by atoms with van der Waals surface area (Å²) < 4.78 is 18.2. The van der Waals surface area contributed by atoms with Crippen LogP contribution in [0.25, 0.3) is 0 Å². The molecule has 2 aromatic carbocycles. The Kier molecular flexibility index (Phi) is 11.0. The third-order valence-corrected chi connectivity index (χ3v) is 13.2. The lowest BCUT2D eigenvalue weighted by molar-refractivity contribution is -0.301. The predicted octanol–water partition coefficient (Wildman–Crippen LogP) is 6.01. The Morgan fingerprint density at radius 1 is 1.02 bits per heavy atom. The number of nitrogens with one attached hydrogen (secondary N) is 1. The summed E-state index contributed by atoms with van der Waals surface area (Å²) in [6.07, 6.45) is -2.91. The molecule has 282 valence electrons. The highest BCUT2D eigenvalue weighted by atomic mass is 16.6. The first-order valence-electron chi connectivity index (χ1n) is 18.3. The van der Waals surface area contributed by atoms with E-state index in [1.807, 2.05) is 109 Å². The molecule has 6 rings (SSSR count). The number of aliphatic hydroxyl groups is 2. The molecule has 0 spiro atoms. The molecule has 10 heteroatoms. The molecule has 1 saturated heterocycles. The van der Waals surface area contributed by atoms with Gasteiger partial charge in [0.25, 0.3) is 0 Å². The van der Waals surface area contributed by atoms with Crippen molar-refractivity contribution in [1.82, 2.24) is 0 Å². The van der Waals surface area contributed by atoms with Crippen LogP contribution in [0.5, 0.6) is 0 Å². The van der Waals surface area contributed by atoms with E-state index < -0.39 is 75.9 Å². The van der Waals surface area contributed by atoms with Crippen LogP contribution in [-0.4, -0.2) is 71.3 Å². The van der Waals surface area contributed by atoms with Crippen LogP contribution in [0.1, 0.15) is 86.3 Å². The van der Waals surface area contributed by atoms with Crippen LogP contribution >= 0.6 is 0 Å². The molecular weight excluding hydrogens is 662 g/mol. The Bertz CT molecular complexity index is 1680. The van der Waals surface area contributed by atoms with Crippen molar-refractivity contribution in [3.05, 3.63) is 77.4 Å². The lowest BCUT2D eigenvalue weighted by Gasteiger charge is -2.68. The Morgan fingerprint density at radius 3 is 2.17 bits per heavy atom. The van der Waals surface area contributed by atoms with Crippen molar-refractivity contribution in [3.63, 3.8) is 0 Å². The fourth-order valence-electron chi connectivity index (χ4n) is 10.5. The molecule has 0 aromatic heterocycles. The summed E-state index contributed by atoms with van der Waals surface area (Å²) in [5.74, 6) is -2.94.